The molecule has 1 aromatic heterocycles. The summed E-state index contributed by atoms with van der Waals surface area (Å²) in [4.78, 5) is 16.3. The van der Waals surface area contributed by atoms with E-state index in [4.69, 9.17) is 16.3 Å². The molecule has 0 atom stereocenters. The second-order valence-electron chi connectivity index (χ2n) is 4.89. The first-order valence-electron chi connectivity index (χ1n) is 6.99. The molecule has 0 radical (unpaired) electrons. The maximum atomic E-state index is 12.0. The smallest absolute Gasteiger partial charge is 0.226 e. The lowest BCUT2D eigenvalue weighted by molar-refractivity contribution is -0.115. The second kappa shape index (κ2) is 8.17. The van der Waals surface area contributed by atoms with Crippen LogP contribution in [0, 0.1) is 6.92 Å². The standard InChI is InChI=1S/C16H17BrClN3O2/c1-10-7-15(20-9-12(10)17)19-6-5-16(22)21-13-8-11(18)3-4-14(13)23-2/h3-4,7-9H,5-6H2,1-2H3,(H,19,20)(H,21,22). The van der Waals surface area contributed by atoms with Crippen LogP contribution in [0.25, 0.3) is 0 Å². The van der Waals surface area contributed by atoms with Crippen molar-refractivity contribution in [3.05, 3.63) is 45.5 Å². The third-order valence-corrected chi connectivity index (χ3v) is 4.21. The number of nitrogens with zero attached hydrogens (tertiary/aromatic N) is 1. The first kappa shape index (κ1) is 17.6. The van der Waals surface area contributed by atoms with E-state index in [0.29, 0.717) is 29.4 Å². The minimum absolute atomic E-state index is 0.132. The quantitative estimate of drug-likeness (QED) is 0.763. The van der Waals surface area contributed by atoms with Crippen LogP contribution in [0.15, 0.2) is 34.9 Å². The van der Waals surface area contributed by atoms with Crippen LogP contribution in [-0.2, 0) is 4.79 Å². The van der Waals surface area contributed by atoms with E-state index in [1.165, 1.54) is 0 Å². The first-order chi connectivity index (χ1) is 11.0. The van der Waals surface area contributed by atoms with Crippen LogP contribution in [0.1, 0.15) is 12.0 Å². The Morgan fingerprint density at radius 1 is 1.39 bits per heavy atom. The molecular formula is C16H17BrClN3O2. The summed E-state index contributed by atoms with van der Waals surface area (Å²) in [6.45, 7) is 2.46. The number of anilines is 2. The third-order valence-electron chi connectivity index (χ3n) is 3.14. The van der Waals surface area contributed by atoms with Crippen molar-refractivity contribution in [1.82, 2.24) is 4.98 Å². The molecule has 0 aliphatic rings. The van der Waals surface area contributed by atoms with E-state index in [1.54, 1.807) is 31.5 Å². The number of carbonyl (C=O) groups is 1. The minimum atomic E-state index is -0.132. The number of nitrogens with one attached hydrogen (secondary N) is 2. The van der Waals surface area contributed by atoms with Crippen molar-refractivity contribution in [1.29, 1.82) is 0 Å². The molecule has 0 unspecified atom stereocenters. The SMILES string of the molecule is COc1ccc(Cl)cc1NC(=O)CCNc1cc(C)c(Br)cn1. The number of halogens is 2. The number of ether oxygens (including phenoxy) is 1. The van der Waals surface area contributed by atoms with E-state index < -0.39 is 0 Å². The molecule has 2 N–H and O–H groups in total. The van der Waals surface area contributed by atoms with Crippen LogP contribution >= 0.6 is 27.5 Å². The Morgan fingerprint density at radius 3 is 2.87 bits per heavy atom. The molecule has 1 aromatic carbocycles. The molecule has 2 rings (SSSR count). The molecule has 0 saturated carbocycles. The fourth-order valence-corrected chi connectivity index (χ4v) is 2.32. The van der Waals surface area contributed by atoms with E-state index in [-0.39, 0.29) is 5.91 Å². The first-order valence-corrected chi connectivity index (χ1v) is 8.16. The predicted molar refractivity (Wildman–Crippen MR) is 96.4 cm³/mol. The van der Waals surface area contributed by atoms with Crippen molar-refractivity contribution in [2.45, 2.75) is 13.3 Å². The minimum Gasteiger partial charge on any atom is -0.495 e. The average Bonchev–Trinajstić information content (AvgIpc) is 2.51. The Balaban J connectivity index is 1.88. The Labute approximate surface area is 148 Å². The number of benzene rings is 1. The molecular weight excluding hydrogens is 382 g/mol. The zero-order chi connectivity index (χ0) is 16.8. The fourth-order valence-electron chi connectivity index (χ4n) is 1.93. The van der Waals surface area contributed by atoms with E-state index >= 15 is 0 Å². The largest absolute Gasteiger partial charge is 0.495 e. The molecule has 1 heterocycles. The van der Waals surface area contributed by atoms with Crippen LogP contribution in [0.4, 0.5) is 11.5 Å². The van der Waals surface area contributed by atoms with Gasteiger partial charge in [-0.05, 0) is 52.7 Å². The molecule has 0 fully saturated rings. The van der Waals surface area contributed by atoms with Crippen molar-refractivity contribution >= 4 is 44.9 Å². The maximum absolute atomic E-state index is 12.0. The highest BCUT2D eigenvalue weighted by Crippen LogP contribution is 2.27. The summed E-state index contributed by atoms with van der Waals surface area (Å²) in [6.07, 6.45) is 2.03. The van der Waals surface area contributed by atoms with Gasteiger partial charge in [-0.1, -0.05) is 11.6 Å². The molecule has 2 aromatic rings. The number of amides is 1. The van der Waals surface area contributed by atoms with Gasteiger partial charge in [0.25, 0.3) is 0 Å². The molecule has 1 amide bonds. The number of carbonyl (C=O) groups excluding carboxylic acids is 1. The Morgan fingerprint density at radius 2 is 2.17 bits per heavy atom. The second-order valence-corrected chi connectivity index (χ2v) is 6.18. The summed E-state index contributed by atoms with van der Waals surface area (Å²) >= 11 is 9.34. The Bertz CT molecular complexity index is 710. The Kier molecular flexibility index (Phi) is 6.24. The van der Waals surface area contributed by atoms with Gasteiger partial charge < -0.3 is 15.4 Å². The summed E-state index contributed by atoms with van der Waals surface area (Å²) < 4.78 is 6.15. The van der Waals surface area contributed by atoms with Crippen molar-refractivity contribution in [2.24, 2.45) is 0 Å². The number of hydrogen-bond donors (Lipinski definition) is 2. The van der Waals surface area contributed by atoms with Gasteiger partial charge in [-0.25, -0.2) is 4.98 Å². The highest BCUT2D eigenvalue weighted by atomic mass is 79.9. The zero-order valence-corrected chi connectivity index (χ0v) is 15.2. The zero-order valence-electron chi connectivity index (χ0n) is 12.8. The molecule has 0 aliphatic carbocycles. The van der Waals surface area contributed by atoms with Gasteiger partial charge in [0.1, 0.15) is 11.6 Å². The molecule has 7 heteroatoms. The number of aryl methyl sites for hydroxylation is 1. The van der Waals surface area contributed by atoms with Crippen molar-refractivity contribution < 1.29 is 9.53 Å². The maximum Gasteiger partial charge on any atom is 0.226 e. The number of pyridine rings is 1. The highest BCUT2D eigenvalue weighted by molar-refractivity contribution is 9.10. The van der Waals surface area contributed by atoms with Crippen molar-refractivity contribution in [3.8, 4) is 5.75 Å². The molecule has 0 saturated heterocycles. The van der Waals surface area contributed by atoms with Gasteiger partial charge in [-0.2, -0.15) is 0 Å². The lowest BCUT2D eigenvalue weighted by atomic mass is 10.2. The average molecular weight is 399 g/mol. The number of rotatable bonds is 6. The van der Waals surface area contributed by atoms with Gasteiger partial charge >= 0.3 is 0 Å². The van der Waals surface area contributed by atoms with E-state index in [1.807, 2.05) is 13.0 Å². The normalized spacial score (nSPS) is 10.3. The van der Waals surface area contributed by atoms with Crippen molar-refractivity contribution in [3.63, 3.8) is 0 Å². The molecule has 0 aliphatic heterocycles. The van der Waals surface area contributed by atoms with Gasteiger partial charge in [-0.15, -0.1) is 0 Å². The van der Waals surface area contributed by atoms with Crippen LogP contribution in [-0.4, -0.2) is 24.5 Å². The molecule has 0 spiro atoms. The molecule has 23 heavy (non-hydrogen) atoms. The van der Waals surface area contributed by atoms with E-state index in [9.17, 15) is 4.79 Å². The monoisotopic (exact) mass is 397 g/mol. The van der Waals surface area contributed by atoms with Crippen LogP contribution < -0.4 is 15.4 Å². The summed E-state index contributed by atoms with van der Waals surface area (Å²) in [7, 11) is 1.54. The lowest BCUT2D eigenvalue weighted by Crippen LogP contribution is -2.17. The number of methoxy groups -OCH3 is 1. The van der Waals surface area contributed by atoms with Crippen LogP contribution in [0.2, 0.25) is 5.02 Å². The van der Waals surface area contributed by atoms with Gasteiger partial charge in [0.05, 0.1) is 12.8 Å². The van der Waals surface area contributed by atoms with E-state index in [2.05, 4.69) is 31.5 Å². The summed E-state index contributed by atoms with van der Waals surface area (Å²) in [5, 5.41) is 6.45. The Hall–Kier alpha value is -1.79. The third kappa shape index (κ3) is 5.11. The highest BCUT2D eigenvalue weighted by Gasteiger charge is 2.08. The number of hydrogen-bond acceptors (Lipinski definition) is 4. The van der Waals surface area contributed by atoms with Gasteiger partial charge in [-0.3, -0.25) is 4.79 Å². The fraction of sp³-hybridized carbons (Fsp3) is 0.250. The van der Waals surface area contributed by atoms with E-state index in [0.717, 1.165) is 15.9 Å². The summed E-state index contributed by atoms with van der Waals surface area (Å²) in [6, 6.07) is 7.00. The van der Waals surface area contributed by atoms with Gasteiger partial charge in [0.15, 0.2) is 0 Å². The summed E-state index contributed by atoms with van der Waals surface area (Å²) in [5.74, 6) is 1.17. The lowest BCUT2D eigenvalue weighted by Gasteiger charge is -2.11. The number of aromatic nitrogens is 1. The van der Waals surface area contributed by atoms with Crippen LogP contribution in [0.5, 0.6) is 5.75 Å². The predicted octanol–water partition coefficient (Wildman–Crippen LogP) is 4.26. The van der Waals surface area contributed by atoms with Crippen molar-refractivity contribution in [2.75, 3.05) is 24.3 Å². The molecule has 0 bridgehead atoms. The topological polar surface area (TPSA) is 63.2 Å². The summed E-state index contributed by atoms with van der Waals surface area (Å²) in [5.41, 5.74) is 1.64. The van der Waals surface area contributed by atoms with Crippen LogP contribution in [0.3, 0.4) is 0 Å². The van der Waals surface area contributed by atoms with Gasteiger partial charge in [0, 0.05) is 28.7 Å². The molecule has 5 nitrogen and oxygen atoms in total. The van der Waals surface area contributed by atoms with Gasteiger partial charge in [0.2, 0.25) is 5.91 Å². The molecule has 122 valence electrons.